The molecule has 0 aliphatic carbocycles. The van der Waals surface area contributed by atoms with Crippen LogP contribution in [-0.4, -0.2) is 16.6 Å². The number of nitrogens with one attached hydrogen (secondary N) is 1. The van der Waals surface area contributed by atoms with Gasteiger partial charge in [0.15, 0.2) is 0 Å². The van der Waals surface area contributed by atoms with Crippen LogP contribution in [-0.2, 0) is 4.79 Å². The number of carbonyl (C=O) groups excluding carboxylic acids is 1. The summed E-state index contributed by atoms with van der Waals surface area (Å²) in [5, 5.41) is 3.92. The molecule has 0 unspecified atom stereocenters. The summed E-state index contributed by atoms with van der Waals surface area (Å²) in [5.74, 6) is 0.545. The van der Waals surface area contributed by atoms with Gasteiger partial charge in [-0.1, -0.05) is 30.3 Å². The molecular weight excluding hydrogens is 288 g/mol. The molecule has 1 aliphatic heterocycles. The molecule has 1 amide bonds. The van der Waals surface area contributed by atoms with Crippen LogP contribution >= 0.6 is 23.1 Å². The number of anilines is 1. The molecule has 98 valence electrons. The smallest absolute Gasteiger partial charge is 0.234 e. The van der Waals surface area contributed by atoms with E-state index in [0.29, 0.717) is 5.75 Å². The van der Waals surface area contributed by atoms with Gasteiger partial charge in [0, 0.05) is 10.5 Å². The van der Waals surface area contributed by atoms with Gasteiger partial charge in [0.2, 0.25) is 5.91 Å². The van der Waals surface area contributed by atoms with Gasteiger partial charge in [-0.3, -0.25) is 4.79 Å². The molecule has 2 heterocycles. The van der Waals surface area contributed by atoms with Crippen molar-refractivity contribution in [3.8, 4) is 10.6 Å². The van der Waals surface area contributed by atoms with Crippen LogP contribution in [0.1, 0.15) is 0 Å². The molecule has 1 N–H and O–H groups in total. The number of nitrogens with zero attached hydrogens (tertiary/aromatic N) is 1. The summed E-state index contributed by atoms with van der Waals surface area (Å²) in [7, 11) is 0. The number of hydrogen-bond acceptors (Lipinski definition) is 4. The lowest BCUT2D eigenvalue weighted by molar-refractivity contribution is -0.113. The Hall–Kier alpha value is -1.85. The molecule has 0 saturated heterocycles. The van der Waals surface area contributed by atoms with E-state index >= 15 is 0 Å². The van der Waals surface area contributed by atoms with E-state index in [-0.39, 0.29) is 5.91 Å². The van der Waals surface area contributed by atoms with Gasteiger partial charge < -0.3 is 5.32 Å². The van der Waals surface area contributed by atoms with Crippen LogP contribution in [0.4, 0.5) is 5.69 Å². The van der Waals surface area contributed by atoms with E-state index in [0.717, 1.165) is 31.4 Å². The third kappa shape index (κ3) is 1.99. The minimum Gasteiger partial charge on any atom is -0.324 e. The molecule has 4 rings (SSSR count). The Labute approximate surface area is 124 Å². The second-order valence-corrected chi connectivity index (χ2v) is 6.59. The minimum atomic E-state index is 0.0559. The standard InChI is InChI=1S/C15H10N2OS2/c18-14-8-19-12-7-13-11(6-10(12)16-14)17-15(20-13)9-4-2-1-3-5-9/h1-7H,8H2,(H,16,18). The SMILES string of the molecule is O=C1CSc2cc3sc(-c4ccccc4)nc3cc2N1. The fourth-order valence-corrected chi connectivity index (χ4v) is 4.10. The van der Waals surface area contributed by atoms with Crippen LogP contribution in [0.2, 0.25) is 0 Å². The Balaban J connectivity index is 1.86. The number of fused-ring (bicyclic) bond motifs is 2. The summed E-state index contributed by atoms with van der Waals surface area (Å²) in [6, 6.07) is 14.3. The number of amides is 1. The summed E-state index contributed by atoms with van der Waals surface area (Å²) in [6.07, 6.45) is 0. The molecule has 0 saturated carbocycles. The Morgan fingerprint density at radius 2 is 2.00 bits per heavy atom. The van der Waals surface area contributed by atoms with Crippen molar-refractivity contribution in [3.63, 3.8) is 0 Å². The Morgan fingerprint density at radius 3 is 2.85 bits per heavy atom. The van der Waals surface area contributed by atoms with Gasteiger partial charge in [-0.2, -0.15) is 0 Å². The van der Waals surface area contributed by atoms with Crippen molar-refractivity contribution in [2.45, 2.75) is 4.90 Å². The van der Waals surface area contributed by atoms with E-state index in [1.165, 1.54) is 0 Å². The molecule has 1 aliphatic rings. The molecule has 3 aromatic rings. The third-order valence-corrected chi connectivity index (χ3v) is 5.27. The molecule has 0 fully saturated rings. The third-order valence-electron chi connectivity index (χ3n) is 3.14. The van der Waals surface area contributed by atoms with Gasteiger partial charge in [0.25, 0.3) is 0 Å². The Morgan fingerprint density at radius 1 is 1.15 bits per heavy atom. The summed E-state index contributed by atoms with van der Waals surface area (Å²) >= 11 is 3.27. The first-order chi connectivity index (χ1) is 9.79. The van der Waals surface area contributed by atoms with Gasteiger partial charge in [0.05, 0.1) is 21.7 Å². The first-order valence-corrected chi connectivity index (χ1v) is 8.02. The van der Waals surface area contributed by atoms with Crippen molar-refractivity contribution >= 4 is 44.9 Å². The van der Waals surface area contributed by atoms with Crippen molar-refractivity contribution in [3.05, 3.63) is 42.5 Å². The lowest BCUT2D eigenvalue weighted by Crippen LogP contribution is -2.18. The average Bonchev–Trinajstić information content (AvgIpc) is 2.88. The molecule has 1 aromatic heterocycles. The quantitative estimate of drug-likeness (QED) is 0.738. The Bertz CT molecular complexity index is 811. The molecule has 0 bridgehead atoms. The number of carbonyl (C=O) groups is 1. The monoisotopic (exact) mass is 298 g/mol. The van der Waals surface area contributed by atoms with Crippen molar-refractivity contribution in [1.82, 2.24) is 4.98 Å². The molecule has 0 atom stereocenters. The highest BCUT2D eigenvalue weighted by Crippen LogP contribution is 2.38. The number of hydrogen-bond donors (Lipinski definition) is 1. The highest BCUT2D eigenvalue weighted by Gasteiger charge is 2.17. The van der Waals surface area contributed by atoms with Gasteiger partial charge in [-0.05, 0) is 12.1 Å². The Kier molecular flexibility index (Phi) is 2.75. The number of benzene rings is 2. The maximum Gasteiger partial charge on any atom is 0.234 e. The van der Waals surface area contributed by atoms with Crippen molar-refractivity contribution in [2.24, 2.45) is 0 Å². The summed E-state index contributed by atoms with van der Waals surface area (Å²) in [4.78, 5) is 17.2. The van der Waals surface area contributed by atoms with Crippen molar-refractivity contribution < 1.29 is 4.79 Å². The number of rotatable bonds is 1. The number of thioether (sulfide) groups is 1. The lowest BCUT2D eigenvalue weighted by Gasteiger charge is -2.15. The molecule has 0 radical (unpaired) electrons. The average molecular weight is 298 g/mol. The zero-order chi connectivity index (χ0) is 13.5. The van der Waals surface area contributed by atoms with E-state index in [4.69, 9.17) is 0 Å². The van der Waals surface area contributed by atoms with Crippen LogP contribution in [0.5, 0.6) is 0 Å². The molecule has 5 heteroatoms. The zero-order valence-electron chi connectivity index (χ0n) is 10.4. The van der Waals surface area contributed by atoms with Crippen LogP contribution in [0.15, 0.2) is 47.4 Å². The molecule has 3 nitrogen and oxygen atoms in total. The summed E-state index contributed by atoms with van der Waals surface area (Å²) in [5.41, 5.74) is 2.95. The van der Waals surface area contributed by atoms with Gasteiger partial charge in [0.1, 0.15) is 5.01 Å². The normalized spacial score (nSPS) is 14.1. The predicted molar refractivity (Wildman–Crippen MR) is 84.4 cm³/mol. The van der Waals surface area contributed by atoms with Crippen LogP contribution in [0.25, 0.3) is 20.8 Å². The fraction of sp³-hybridized carbons (Fsp3) is 0.0667. The molecule has 20 heavy (non-hydrogen) atoms. The second kappa shape index (κ2) is 4.61. The minimum absolute atomic E-state index is 0.0559. The first-order valence-electron chi connectivity index (χ1n) is 6.22. The number of thiazole rings is 1. The van der Waals surface area contributed by atoms with Crippen molar-refractivity contribution in [2.75, 3.05) is 11.1 Å². The summed E-state index contributed by atoms with van der Waals surface area (Å²) in [6.45, 7) is 0. The lowest BCUT2D eigenvalue weighted by atomic mass is 10.2. The van der Waals surface area contributed by atoms with Gasteiger partial charge >= 0.3 is 0 Å². The van der Waals surface area contributed by atoms with E-state index in [1.807, 2.05) is 24.3 Å². The van der Waals surface area contributed by atoms with Crippen LogP contribution in [0.3, 0.4) is 0 Å². The zero-order valence-corrected chi connectivity index (χ0v) is 12.1. The van der Waals surface area contributed by atoms with Crippen LogP contribution in [0, 0.1) is 0 Å². The van der Waals surface area contributed by atoms with Crippen molar-refractivity contribution in [1.29, 1.82) is 0 Å². The fourth-order valence-electron chi connectivity index (χ4n) is 2.21. The van der Waals surface area contributed by atoms with Gasteiger partial charge in [-0.25, -0.2) is 4.98 Å². The van der Waals surface area contributed by atoms with E-state index in [2.05, 4.69) is 28.5 Å². The highest BCUT2D eigenvalue weighted by molar-refractivity contribution is 8.00. The highest BCUT2D eigenvalue weighted by atomic mass is 32.2. The van der Waals surface area contributed by atoms with E-state index in [9.17, 15) is 4.79 Å². The van der Waals surface area contributed by atoms with Crippen LogP contribution < -0.4 is 5.32 Å². The maximum absolute atomic E-state index is 11.4. The molecule has 2 aromatic carbocycles. The first kappa shape index (κ1) is 11.9. The van der Waals surface area contributed by atoms with E-state index < -0.39 is 0 Å². The van der Waals surface area contributed by atoms with Gasteiger partial charge in [-0.15, -0.1) is 23.1 Å². The predicted octanol–water partition coefficient (Wildman–Crippen LogP) is 4.01. The number of aromatic nitrogens is 1. The molecule has 0 spiro atoms. The summed E-state index contributed by atoms with van der Waals surface area (Å²) < 4.78 is 1.16. The maximum atomic E-state index is 11.4. The molecular formula is C15H10N2OS2. The van der Waals surface area contributed by atoms with E-state index in [1.54, 1.807) is 23.1 Å². The topological polar surface area (TPSA) is 42.0 Å². The second-order valence-electron chi connectivity index (χ2n) is 4.54. The largest absolute Gasteiger partial charge is 0.324 e.